The second-order valence-electron chi connectivity index (χ2n) is 9.92. The highest BCUT2D eigenvalue weighted by Gasteiger charge is 2.39. The van der Waals surface area contributed by atoms with Crippen molar-refractivity contribution >= 4 is 0 Å². The van der Waals surface area contributed by atoms with E-state index in [2.05, 4.69) is 50.2 Å². The molecule has 2 atom stereocenters. The van der Waals surface area contributed by atoms with Gasteiger partial charge in [-0.05, 0) is 67.7 Å². The largest absolute Gasteiger partial charge is 0.366 e. The van der Waals surface area contributed by atoms with Gasteiger partial charge in [-0.2, -0.15) is 0 Å². The van der Waals surface area contributed by atoms with Gasteiger partial charge in [0.15, 0.2) is 0 Å². The summed E-state index contributed by atoms with van der Waals surface area (Å²) < 4.78 is 6.13. The first-order valence-corrected chi connectivity index (χ1v) is 18.1. The number of fused-ring (bicyclic) bond motifs is 2. The molecular formula is C42H80O. The average Bonchev–Trinajstić information content (AvgIpc) is 3.98. The van der Waals surface area contributed by atoms with Crippen LogP contribution >= 0.6 is 0 Å². The predicted octanol–water partition coefficient (Wildman–Crippen LogP) is 15.2. The van der Waals surface area contributed by atoms with E-state index in [1.54, 1.807) is 11.1 Å². The van der Waals surface area contributed by atoms with Crippen molar-refractivity contribution < 1.29 is 4.74 Å². The molecule has 6 rings (SSSR count). The lowest BCUT2D eigenvalue weighted by atomic mass is 9.84. The van der Waals surface area contributed by atoms with Gasteiger partial charge in [-0.1, -0.05) is 184 Å². The third-order valence-corrected chi connectivity index (χ3v) is 7.55. The number of benzene rings is 2. The fourth-order valence-corrected chi connectivity index (χ4v) is 5.77. The van der Waals surface area contributed by atoms with Gasteiger partial charge in [0.1, 0.15) is 6.10 Å². The number of ether oxygens (including phenoxy) is 1. The molecule has 43 heavy (non-hydrogen) atoms. The van der Waals surface area contributed by atoms with E-state index in [0.717, 1.165) is 11.8 Å². The van der Waals surface area contributed by atoms with Crippen molar-refractivity contribution in [1.29, 1.82) is 0 Å². The van der Waals surface area contributed by atoms with Gasteiger partial charge in [0.05, 0.1) is 6.10 Å². The van der Waals surface area contributed by atoms with Crippen LogP contribution in [-0.2, 0) is 4.74 Å². The lowest BCUT2D eigenvalue weighted by Gasteiger charge is -2.21. The third kappa shape index (κ3) is 16.3. The van der Waals surface area contributed by atoms with E-state index in [-0.39, 0.29) is 14.9 Å². The standard InChI is InChI=1S/C14H18O.C14H18.6C2H6.2CH4/c1-10-7-8-12-13(9-10)14(12)15-11-5-3-2-4-6-11;1-10-7-8-12-13(9-10)14(12)11-5-3-2-4-6-11;6*1-2;;/h7-9,11,14H,2-6H2,1H3;7-9,11,14H,2-6H2,1H3;6*1-2H3;2*1H4/t2*14-;;;;;;;;/m00......../s1. The van der Waals surface area contributed by atoms with Gasteiger partial charge in [-0.25, -0.2) is 0 Å². The van der Waals surface area contributed by atoms with Gasteiger partial charge in [-0.15, -0.1) is 0 Å². The summed E-state index contributed by atoms with van der Waals surface area (Å²) in [6.07, 6.45) is 14.9. The molecule has 1 nitrogen and oxygen atoms in total. The molecule has 254 valence electrons. The number of hydrogen-bond donors (Lipinski definition) is 0. The van der Waals surface area contributed by atoms with Crippen molar-refractivity contribution in [3.05, 3.63) is 69.8 Å². The van der Waals surface area contributed by atoms with Crippen LogP contribution in [-0.4, -0.2) is 6.10 Å². The monoisotopic (exact) mass is 601 g/mol. The summed E-state index contributed by atoms with van der Waals surface area (Å²) >= 11 is 0. The second-order valence-corrected chi connectivity index (χ2v) is 9.92. The third-order valence-electron chi connectivity index (χ3n) is 7.55. The zero-order valence-corrected chi connectivity index (χ0v) is 30.3. The van der Waals surface area contributed by atoms with Crippen LogP contribution in [0.3, 0.4) is 0 Å². The van der Waals surface area contributed by atoms with Crippen molar-refractivity contribution in [2.75, 3.05) is 0 Å². The lowest BCUT2D eigenvalue weighted by Crippen LogP contribution is -2.15. The maximum Gasteiger partial charge on any atom is 0.109 e. The molecule has 0 spiro atoms. The van der Waals surface area contributed by atoms with Crippen LogP contribution in [0.2, 0.25) is 0 Å². The quantitative estimate of drug-likeness (QED) is 0.340. The first-order chi connectivity index (χ1) is 20.2. The van der Waals surface area contributed by atoms with Crippen molar-refractivity contribution in [2.45, 2.75) is 194 Å². The molecular weight excluding hydrogens is 520 g/mol. The van der Waals surface area contributed by atoms with Crippen LogP contribution in [0, 0.1) is 19.8 Å². The SMILES string of the molecule is C.C.CC.CC.CC.CC.CC.CC.Cc1ccc2c(c1)[C@H]2C1CCCCC1.Cc1ccc2c(c1)[C@H]2OC1CCCCC1. The Bertz CT molecular complexity index is 855. The second kappa shape index (κ2) is 30.4. The first kappa shape index (κ1) is 48.3. The summed E-state index contributed by atoms with van der Waals surface area (Å²) in [6, 6.07) is 13.7. The maximum absolute atomic E-state index is 6.13. The normalized spacial score (nSPS) is 18.0. The molecule has 0 radical (unpaired) electrons. The summed E-state index contributed by atoms with van der Waals surface area (Å²) in [6.45, 7) is 28.4. The number of rotatable bonds is 3. The molecule has 2 saturated carbocycles. The molecule has 2 aromatic rings. The molecule has 0 aliphatic heterocycles. The molecule has 0 aromatic heterocycles. The van der Waals surface area contributed by atoms with Crippen LogP contribution in [0.25, 0.3) is 0 Å². The molecule has 0 heterocycles. The zero-order chi connectivity index (χ0) is 31.8. The Balaban J connectivity index is -0.000000255. The smallest absolute Gasteiger partial charge is 0.109 e. The van der Waals surface area contributed by atoms with E-state index in [0.29, 0.717) is 12.2 Å². The Morgan fingerprint density at radius 2 is 0.860 bits per heavy atom. The number of hydrogen-bond acceptors (Lipinski definition) is 1. The summed E-state index contributed by atoms with van der Waals surface area (Å²) in [5.41, 5.74) is 8.96. The topological polar surface area (TPSA) is 9.23 Å². The highest BCUT2D eigenvalue weighted by molar-refractivity contribution is 5.54. The van der Waals surface area contributed by atoms with Crippen molar-refractivity contribution in [2.24, 2.45) is 5.92 Å². The summed E-state index contributed by atoms with van der Waals surface area (Å²) in [7, 11) is 0. The summed E-state index contributed by atoms with van der Waals surface area (Å²) in [5.74, 6) is 1.85. The van der Waals surface area contributed by atoms with Crippen LogP contribution in [0.5, 0.6) is 0 Å². The van der Waals surface area contributed by atoms with Crippen LogP contribution in [0.1, 0.15) is 208 Å². The molecule has 1 heteroatoms. The van der Waals surface area contributed by atoms with Gasteiger partial charge in [-0.3, -0.25) is 0 Å². The Labute approximate surface area is 274 Å². The predicted molar refractivity (Wildman–Crippen MR) is 202 cm³/mol. The maximum atomic E-state index is 6.13. The Kier molecular flexibility index (Phi) is 34.2. The minimum Gasteiger partial charge on any atom is -0.366 e. The Morgan fingerprint density at radius 1 is 0.465 bits per heavy atom. The fraction of sp³-hybridized carbons (Fsp3) is 0.714. The van der Waals surface area contributed by atoms with Crippen molar-refractivity contribution in [3.63, 3.8) is 0 Å². The van der Waals surface area contributed by atoms with Crippen LogP contribution in [0.4, 0.5) is 0 Å². The highest BCUT2D eigenvalue weighted by atomic mass is 16.5. The van der Waals surface area contributed by atoms with Gasteiger partial charge >= 0.3 is 0 Å². The van der Waals surface area contributed by atoms with E-state index in [9.17, 15) is 0 Å². The molecule has 0 amide bonds. The molecule has 4 aliphatic carbocycles. The average molecular weight is 601 g/mol. The highest BCUT2D eigenvalue weighted by Crippen LogP contribution is 2.53. The van der Waals surface area contributed by atoms with E-state index in [4.69, 9.17) is 4.74 Å². The summed E-state index contributed by atoms with van der Waals surface area (Å²) in [4.78, 5) is 0. The summed E-state index contributed by atoms with van der Waals surface area (Å²) in [5, 5.41) is 0. The molecule has 2 aromatic carbocycles. The van der Waals surface area contributed by atoms with E-state index in [1.165, 1.54) is 86.5 Å². The molecule has 0 bridgehead atoms. The van der Waals surface area contributed by atoms with Gasteiger partial charge in [0.25, 0.3) is 0 Å². The molecule has 0 unspecified atom stereocenters. The number of aryl methyl sites for hydroxylation is 2. The van der Waals surface area contributed by atoms with E-state index >= 15 is 0 Å². The van der Waals surface area contributed by atoms with Crippen LogP contribution in [0.15, 0.2) is 36.4 Å². The Morgan fingerprint density at radius 3 is 1.28 bits per heavy atom. The molecule has 2 fully saturated rings. The van der Waals surface area contributed by atoms with Gasteiger partial charge < -0.3 is 4.74 Å². The van der Waals surface area contributed by atoms with Gasteiger partial charge in [0.2, 0.25) is 0 Å². The van der Waals surface area contributed by atoms with Crippen LogP contribution < -0.4 is 0 Å². The fourth-order valence-electron chi connectivity index (χ4n) is 5.77. The van der Waals surface area contributed by atoms with Crippen molar-refractivity contribution in [1.82, 2.24) is 0 Å². The molecule has 4 aliphatic rings. The molecule has 0 saturated heterocycles. The lowest BCUT2D eigenvalue weighted by molar-refractivity contribution is 0.00899. The van der Waals surface area contributed by atoms with E-state index in [1.807, 2.05) is 83.1 Å². The zero-order valence-electron chi connectivity index (χ0n) is 30.3. The van der Waals surface area contributed by atoms with Crippen molar-refractivity contribution in [3.8, 4) is 0 Å². The minimum absolute atomic E-state index is 0. The minimum atomic E-state index is 0. The van der Waals surface area contributed by atoms with E-state index < -0.39 is 0 Å². The first-order valence-electron chi connectivity index (χ1n) is 18.1. The van der Waals surface area contributed by atoms with Gasteiger partial charge in [0, 0.05) is 5.92 Å². The Hall–Kier alpha value is -1.60. The molecule has 0 N–H and O–H groups in total.